The smallest absolute Gasteiger partial charge is 0.276 e. The maximum atomic E-state index is 11.9. The number of anilines is 1. The molecule has 2 aromatic heterocycles. The summed E-state index contributed by atoms with van der Waals surface area (Å²) in [6.07, 6.45) is 0.702. The number of aromatic nitrogens is 2. The second kappa shape index (κ2) is 5.55. The van der Waals surface area contributed by atoms with Crippen LogP contribution in [0.2, 0.25) is 0 Å². The van der Waals surface area contributed by atoms with Crippen LogP contribution in [0.1, 0.15) is 26.1 Å². The number of rotatable bonds is 4. The molecule has 18 heavy (non-hydrogen) atoms. The third-order valence-corrected chi connectivity index (χ3v) is 4.29. The van der Waals surface area contributed by atoms with E-state index in [1.165, 1.54) is 22.7 Å². The van der Waals surface area contributed by atoms with Crippen LogP contribution < -0.4 is 11.1 Å². The van der Waals surface area contributed by atoms with E-state index in [2.05, 4.69) is 15.3 Å². The Balaban J connectivity index is 2.06. The summed E-state index contributed by atoms with van der Waals surface area (Å²) in [5.41, 5.74) is 6.81. The van der Waals surface area contributed by atoms with Gasteiger partial charge in [0.1, 0.15) is 5.69 Å². The van der Waals surface area contributed by atoms with Crippen molar-refractivity contribution in [2.24, 2.45) is 5.73 Å². The molecule has 3 N–H and O–H groups in total. The zero-order chi connectivity index (χ0) is 13.1. The number of thiazole rings is 2. The minimum Gasteiger partial charge on any atom is -0.330 e. The predicted octanol–water partition coefficient (Wildman–Crippen LogP) is 1.97. The van der Waals surface area contributed by atoms with Crippen molar-refractivity contribution in [2.45, 2.75) is 20.3 Å². The number of hydrogen-bond donors (Lipinski definition) is 2. The summed E-state index contributed by atoms with van der Waals surface area (Å²) in [6, 6.07) is 0. The molecule has 0 unspecified atom stereocenters. The molecule has 5 nitrogen and oxygen atoms in total. The summed E-state index contributed by atoms with van der Waals surface area (Å²) in [4.78, 5) is 21.5. The first kappa shape index (κ1) is 13.1. The fourth-order valence-electron chi connectivity index (χ4n) is 1.34. The number of aryl methyl sites for hydroxylation is 2. The molecule has 7 heteroatoms. The number of carbonyl (C=O) groups is 1. The van der Waals surface area contributed by atoms with Crippen LogP contribution >= 0.6 is 22.7 Å². The lowest BCUT2D eigenvalue weighted by atomic mass is 10.4. The van der Waals surface area contributed by atoms with Gasteiger partial charge in [0.2, 0.25) is 0 Å². The fraction of sp³-hybridized carbons (Fsp3) is 0.364. The van der Waals surface area contributed by atoms with Crippen molar-refractivity contribution >= 4 is 33.7 Å². The molecule has 0 saturated heterocycles. The van der Waals surface area contributed by atoms with E-state index >= 15 is 0 Å². The molecular formula is C11H14N4OS2. The van der Waals surface area contributed by atoms with E-state index in [1.807, 2.05) is 13.8 Å². The van der Waals surface area contributed by atoms with Crippen molar-refractivity contribution in [3.05, 3.63) is 26.7 Å². The first-order valence-corrected chi connectivity index (χ1v) is 7.19. The maximum absolute atomic E-state index is 11.9. The molecule has 2 rings (SSSR count). The van der Waals surface area contributed by atoms with E-state index in [1.54, 1.807) is 5.38 Å². The second-order valence-electron chi connectivity index (χ2n) is 3.78. The first-order chi connectivity index (χ1) is 8.60. The van der Waals surface area contributed by atoms with E-state index < -0.39 is 0 Å². The Labute approximate surface area is 113 Å². The van der Waals surface area contributed by atoms with E-state index in [9.17, 15) is 4.79 Å². The summed E-state index contributed by atoms with van der Waals surface area (Å²) in [6.45, 7) is 4.44. The summed E-state index contributed by atoms with van der Waals surface area (Å²) in [5.74, 6) is -0.219. The van der Waals surface area contributed by atoms with Crippen molar-refractivity contribution in [1.82, 2.24) is 9.97 Å². The van der Waals surface area contributed by atoms with E-state index in [0.29, 0.717) is 23.8 Å². The summed E-state index contributed by atoms with van der Waals surface area (Å²) >= 11 is 2.92. The van der Waals surface area contributed by atoms with Crippen LogP contribution in [0.4, 0.5) is 5.13 Å². The lowest BCUT2D eigenvalue weighted by molar-refractivity contribution is 0.102. The standard InChI is InChI=1S/C11H14N4OS2/c1-6-7(2)18-11(13-6)15-10(16)8-5-17-9(14-8)3-4-12/h5H,3-4,12H2,1-2H3,(H,13,15,16). The molecule has 0 saturated carbocycles. The summed E-state index contributed by atoms with van der Waals surface area (Å²) < 4.78 is 0. The second-order valence-corrected chi connectivity index (χ2v) is 5.93. The summed E-state index contributed by atoms with van der Waals surface area (Å²) in [7, 11) is 0. The lowest BCUT2D eigenvalue weighted by Crippen LogP contribution is -2.12. The van der Waals surface area contributed by atoms with Gasteiger partial charge in [0.25, 0.3) is 5.91 Å². The van der Waals surface area contributed by atoms with Crippen LogP contribution in [0.3, 0.4) is 0 Å². The highest BCUT2D eigenvalue weighted by Crippen LogP contribution is 2.22. The number of nitrogens with one attached hydrogen (secondary N) is 1. The van der Waals surface area contributed by atoms with Crippen molar-refractivity contribution in [2.75, 3.05) is 11.9 Å². The number of hydrogen-bond acceptors (Lipinski definition) is 6. The highest BCUT2D eigenvalue weighted by atomic mass is 32.1. The van der Waals surface area contributed by atoms with Gasteiger partial charge in [-0.1, -0.05) is 0 Å². The van der Waals surface area contributed by atoms with Crippen LogP contribution in [0.5, 0.6) is 0 Å². The number of nitrogens with zero attached hydrogens (tertiary/aromatic N) is 2. The molecule has 0 radical (unpaired) electrons. The highest BCUT2D eigenvalue weighted by molar-refractivity contribution is 7.15. The Morgan fingerprint density at radius 1 is 1.44 bits per heavy atom. The van der Waals surface area contributed by atoms with E-state index in [0.717, 1.165) is 15.6 Å². The minimum absolute atomic E-state index is 0.219. The quantitative estimate of drug-likeness (QED) is 0.898. The molecule has 0 aliphatic rings. The molecule has 2 aromatic rings. The van der Waals surface area contributed by atoms with Crippen molar-refractivity contribution in [1.29, 1.82) is 0 Å². The molecule has 0 spiro atoms. The van der Waals surface area contributed by atoms with Gasteiger partial charge in [0.05, 0.1) is 10.7 Å². The number of carbonyl (C=O) groups excluding carboxylic acids is 1. The molecule has 0 aliphatic carbocycles. The van der Waals surface area contributed by atoms with Crippen molar-refractivity contribution in [3.8, 4) is 0 Å². The first-order valence-electron chi connectivity index (χ1n) is 5.50. The Kier molecular flexibility index (Phi) is 4.05. The summed E-state index contributed by atoms with van der Waals surface area (Å²) in [5, 5.41) is 6.00. The normalized spacial score (nSPS) is 10.6. The van der Waals surface area contributed by atoms with Crippen LogP contribution in [-0.2, 0) is 6.42 Å². The van der Waals surface area contributed by atoms with Crippen molar-refractivity contribution < 1.29 is 4.79 Å². The van der Waals surface area contributed by atoms with E-state index in [4.69, 9.17) is 5.73 Å². The maximum Gasteiger partial charge on any atom is 0.276 e. The average Bonchev–Trinajstić information content (AvgIpc) is 2.88. The van der Waals surface area contributed by atoms with Crippen LogP contribution in [0.15, 0.2) is 5.38 Å². The fourth-order valence-corrected chi connectivity index (χ4v) is 2.94. The molecule has 96 valence electrons. The minimum atomic E-state index is -0.219. The Hall–Kier alpha value is -1.31. The third-order valence-electron chi connectivity index (χ3n) is 2.39. The van der Waals surface area contributed by atoms with Crippen LogP contribution in [0.25, 0.3) is 0 Å². The van der Waals surface area contributed by atoms with Gasteiger partial charge in [-0.2, -0.15) is 0 Å². The number of nitrogens with two attached hydrogens (primary N) is 1. The van der Waals surface area contributed by atoms with Gasteiger partial charge in [-0.15, -0.1) is 22.7 Å². The van der Waals surface area contributed by atoms with Gasteiger partial charge in [-0.3, -0.25) is 10.1 Å². The van der Waals surface area contributed by atoms with Gasteiger partial charge >= 0.3 is 0 Å². The highest BCUT2D eigenvalue weighted by Gasteiger charge is 2.13. The van der Waals surface area contributed by atoms with Gasteiger partial charge in [-0.25, -0.2) is 9.97 Å². The molecule has 0 atom stereocenters. The zero-order valence-electron chi connectivity index (χ0n) is 10.2. The Bertz CT molecular complexity index is 542. The molecule has 2 heterocycles. The molecule has 0 aromatic carbocycles. The predicted molar refractivity (Wildman–Crippen MR) is 74.4 cm³/mol. The molecule has 0 bridgehead atoms. The Morgan fingerprint density at radius 3 is 2.83 bits per heavy atom. The lowest BCUT2D eigenvalue weighted by Gasteiger charge is -1.97. The monoisotopic (exact) mass is 282 g/mol. The molecule has 0 fully saturated rings. The van der Waals surface area contributed by atoms with Gasteiger partial charge < -0.3 is 5.73 Å². The largest absolute Gasteiger partial charge is 0.330 e. The van der Waals surface area contributed by atoms with Crippen LogP contribution in [-0.4, -0.2) is 22.4 Å². The molecule has 1 amide bonds. The van der Waals surface area contributed by atoms with Gasteiger partial charge in [0.15, 0.2) is 5.13 Å². The number of amides is 1. The molecular weight excluding hydrogens is 268 g/mol. The average molecular weight is 282 g/mol. The van der Waals surface area contributed by atoms with Gasteiger partial charge in [-0.05, 0) is 20.4 Å². The van der Waals surface area contributed by atoms with Crippen molar-refractivity contribution in [3.63, 3.8) is 0 Å². The zero-order valence-corrected chi connectivity index (χ0v) is 11.8. The SMILES string of the molecule is Cc1nc(NC(=O)c2csc(CCN)n2)sc1C. The molecule has 0 aliphatic heterocycles. The topological polar surface area (TPSA) is 80.9 Å². The Morgan fingerprint density at radius 2 is 2.22 bits per heavy atom. The van der Waals surface area contributed by atoms with E-state index in [-0.39, 0.29) is 5.91 Å². The van der Waals surface area contributed by atoms with Gasteiger partial charge in [0, 0.05) is 16.7 Å². The van der Waals surface area contributed by atoms with Crippen LogP contribution in [0, 0.1) is 13.8 Å². The third kappa shape index (κ3) is 2.92.